The monoisotopic (exact) mass is 917 g/mol. The number of ether oxygens (including phenoxy) is 2. The maximum atomic E-state index is 13.4. The van der Waals surface area contributed by atoms with E-state index in [0.29, 0.717) is 51.5 Å². The molecule has 0 aliphatic heterocycles. The third-order valence-electron chi connectivity index (χ3n) is 5.61. The van der Waals surface area contributed by atoms with Gasteiger partial charge in [-0.2, -0.15) is 0 Å². The average molecular weight is 917 g/mol. The first kappa shape index (κ1) is 38.6. The van der Waals surface area contributed by atoms with Gasteiger partial charge < -0.3 is 19.7 Å². The van der Waals surface area contributed by atoms with Crippen molar-refractivity contribution in [2.75, 3.05) is 19.8 Å². The van der Waals surface area contributed by atoms with Crippen LogP contribution in [0.15, 0.2) is 78.9 Å². The van der Waals surface area contributed by atoms with E-state index in [1.54, 1.807) is 18.2 Å². The largest absolute Gasteiger partial charge is 0.489 e. The topological polar surface area (TPSA) is 58.9 Å². The zero-order valence-corrected chi connectivity index (χ0v) is 30.1. The van der Waals surface area contributed by atoms with Gasteiger partial charge in [-0.1, -0.05) is 61.7 Å². The second-order valence-electron chi connectivity index (χ2n) is 8.74. The summed E-state index contributed by atoms with van der Waals surface area (Å²) in [5.41, 5.74) is 2.75. The van der Waals surface area contributed by atoms with Crippen molar-refractivity contribution in [3.8, 4) is 23.3 Å². The number of aryl methyl sites for hydroxylation is 2. The molecule has 42 heavy (non-hydrogen) atoms. The predicted molar refractivity (Wildman–Crippen MR) is 180 cm³/mol. The third kappa shape index (κ3) is 18.3. The van der Waals surface area contributed by atoms with Crippen LogP contribution in [0, 0.1) is 23.5 Å². The second kappa shape index (κ2) is 26.0. The van der Waals surface area contributed by atoms with Crippen LogP contribution in [0.3, 0.4) is 0 Å². The van der Waals surface area contributed by atoms with Crippen LogP contribution >= 0.6 is 37.2 Å². The first-order valence-corrected chi connectivity index (χ1v) is 26.1. The number of rotatable bonds is 13. The van der Waals surface area contributed by atoms with Crippen molar-refractivity contribution in [2.45, 2.75) is 52.1 Å². The molecule has 0 aliphatic rings. The van der Waals surface area contributed by atoms with E-state index >= 15 is 0 Å². The van der Waals surface area contributed by atoms with Gasteiger partial charge in [0, 0.05) is 6.42 Å². The second-order valence-corrected chi connectivity index (χ2v) is 25.0. The Hall–Kier alpha value is -1.47. The molecule has 0 heterocycles. The summed E-state index contributed by atoms with van der Waals surface area (Å²) < 4.78 is 38.0. The van der Waals surface area contributed by atoms with Gasteiger partial charge in [-0.25, -0.2) is 8.78 Å². The Morgan fingerprint density at radius 2 is 1.45 bits per heavy atom. The fraction of sp³-hybridized carbons (Fsp3) is 0.333. The molecule has 0 unspecified atom stereocenters. The summed E-state index contributed by atoms with van der Waals surface area (Å²) in [4.78, 5) is 0. The van der Waals surface area contributed by atoms with Crippen LogP contribution in [-0.2, 0) is 19.4 Å². The van der Waals surface area contributed by atoms with Gasteiger partial charge in [0.25, 0.3) is 0 Å². The molecular weight excluding hydrogens is 879 g/mol. The molecule has 3 aromatic carbocycles. The van der Waals surface area contributed by atoms with Crippen molar-refractivity contribution in [3.63, 3.8) is 0 Å². The van der Waals surface area contributed by atoms with E-state index in [1.807, 2.05) is 36.4 Å². The number of benzene rings is 3. The van der Waals surface area contributed by atoms with Gasteiger partial charge in [0.2, 0.25) is 0 Å². The van der Waals surface area contributed by atoms with Gasteiger partial charge in [-0.3, -0.25) is 0 Å². The Bertz CT molecular complexity index is 1210. The number of unbranched alkanes of at least 4 members (excludes halogenated alkanes) is 1. The van der Waals surface area contributed by atoms with E-state index in [-0.39, 0.29) is 24.8 Å². The van der Waals surface area contributed by atoms with Crippen molar-refractivity contribution < 1.29 is 41.7 Å². The Morgan fingerprint density at radius 1 is 0.833 bits per heavy atom. The minimum Gasteiger partial charge on any atom is -0.489 e. The van der Waals surface area contributed by atoms with Gasteiger partial charge >= 0.3 is 50.5 Å². The van der Waals surface area contributed by atoms with Crippen molar-refractivity contribution >= 4 is 37.2 Å². The van der Waals surface area contributed by atoms with E-state index in [2.05, 4.69) is 56.0 Å². The van der Waals surface area contributed by atoms with Crippen molar-refractivity contribution in [3.05, 3.63) is 107 Å². The van der Waals surface area contributed by atoms with Gasteiger partial charge in [0.05, 0.1) is 13.2 Å². The summed E-state index contributed by atoms with van der Waals surface area (Å²) >= 11 is 5.30. The molecule has 0 spiro atoms. The van der Waals surface area contributed by atoms with E-state index in [9.17, 15) is 8.78 Å². The number of halogens is 5. The number of allylic oxidation sites excluding steroid dienone is 1. The molecule has 0 saturated heterocycles. The van der Waals surface area contributed by atoms with Gasteiger partial charge in [-0.15, -0.1) is 5.92 Å². The molecule has 0 radical (unpaired) electrons. The summed E-state index contributed by atoms with van der Waals surface area (Å²) in [6, 6.07) is 19.0. The average Bonchev–Trinajstić information content (AvgIpc) is 2.99. The van der Waals surface area contributed by atoms with Crippen molar-refractivity contribution in [2.24, 2.45) is 0 Å². The van der Waals surface area contributed by atoms with Crippen molar-refractivity contribution in [1.29, 1.82) is 0 Å². The van der Waals surface area contributed by atoms with Gasteiger partial charge in [-0.05, 0) is 78.8 Å². The summed E-state index contributed by atoms with van der Waals surface area (Å²) in [5.74, 6) is 6.31. The molecule has 3 aromatic rings. The van der Waals surface area contributed by atoms with Gasteiger partial charge in [0.1, 0.15) is 36.3 Å². The van der Waals surface area contributed by atoms with Crippen LogP contribution in [0.5, 0.6) is 11.5 Å². The SMILES string of the molecule is CCCCOc1ccc(F)cc1CCC#CCO.I[I-]I.OC/C=C\CCc1cc(F)ccc1OCc1ccccc1. The molecule has 4 nitrogen and oxygen atoms in total. The molecule has 0 atom stereocenters. The molecule has 0 bridgehead atoms. The number of aliphatic hydroxyl groups excluding tert-OH is 2. The minimum absolute atomic E-state index is 0.0283. The zero-order chi connectivity index (χ0) is 30.8. The number of aliphatic hydroxyl groups is 2. The smallest absolute Gasteiger partial charge is 0.123 e. The Labute approximate surface area is 278 Å². The van der Waals surface area contributed by atoms with Crippen LogP contribution in [0.25, 0.3) is 0 Å². The summed E-state index contributed by atoms with van der Waals surface area (Å²) in [7, 11) is 0. The molecule has 0 saturated carbocycles. The first-order chi connectivity index (χ1) is 20.5. The van der Waals surface area contributed by atoms with Crippen LogP contribution in [0.1, 0.15) is 49.3 Å². The fourth-order valence-electron chi connectivity index (χ4n) is 3.60. The van der Waals surface area contributed by atoms with Crippen LogP contribution in [0.4, 0.5) is 8.78 Å². The maximum Gasteiger partial charge on any atom is 0.123 e. The molecule has 230 valence electrons. The zero-order valence-electron chi connectivity index (χ0n) is 23.7. The van der Waals surface area contributed by atoms with E-state index < -0.39 is 0 Å². The van der Waals surface area contributed by atoms with Crippen LogP contribution in [0.2, 0.25) is 0 Å². The van der Waals surface area contributed by atoms with E-state index in [4.69, 9.17) is 19.7 Å². The molecule has 3 rings (SSSR count). The molecular formula is C33H38F2I3O4-. The summed E-state index contributed by atoms with van der Waals surface area (Å²) in [5, 5.41) is 17.2. The van der Waals surface area contributed by atoms with E-state index in [1.165, 1.54) is 24.3 Å². The standard InChI is InChI=1S/C18H19FO2.C15H19FO2.I3/c19-17-10-11-18(16(13-17)9-5-2-6-12-20)21-14-15-7-3-1-4-8-15;1-2-3-11-18-15-9-8-14(16)12-13(15)7-5-4-6-10-17;1-3-2/h1-4,6-8,10-11,13,20H,5,9,12,14H2;8-9,12,17H,2-3,5,7,10-11H2,1H3;/q;;-1/b6-2-;;. The van der Waals surface area contributed by atoms with Crippen molar-refractivity contribution in [1.82, 2.24) is 0 Å². The summed E-state index contributed by atoms with van der Waals surface area (Å²) in [6.07, 6.45) is 8.26. The Morgan fingerprint density at radius 3 is 2.05 bits per heavy atom. The first-order valence-electron chi connectivity index (χ1n) is 13.5. The number of hydrogen-bond donors (Lipinski definition) is 2. The molecule has 0 aliphatic carbocycles. The Kier molecular flexibility index (Phi) is 23.8. The number of hydrogen-bond acceptors (Lipinski definition) is 4. The third-order valence-corrected chi connectivity index (χ3v) is 5.61. The van der Waals surface area contributed by atoms with Crippen LogP contribution in [-0.4, -0.2) is 30.0 Å². The predicted octanol–water partition coefficient (Wildman–Crippen LogP) is 5.59. The molecule has 0 aromatic heterocycles. The van der Waals surface area contributed by atoms with E-state index in [0.717, 1.165) is 41.7 Å². The maximum absolute atomic E-state index is 13.4. The fourth-order valence-corrected chi connectivity index (χ4v) is 3.60. The minimum atomic E-state index is -0.261. The van der Waals surface area contributed by atoms with Gasteiger partial charge in [0.15, 0.2) is 0 Å². The molecule has 2 N–H and O–H groups in total. The molecule has 0 fully saturated rings. The Balaban J connectivity index is 0.000000388. The normalized spacial score (nSPS) is 10.2. The summed E-state index contributed by atoms with van der Waals surface area (Å²) in [6.45, 7) is 3.10. The molecule has 0 amide bonds. The van der Waals surface area contributed by atoms with Crippen LogP contribution < -0.4 is 22.7 Å². The quantitative estimate of drug-likeness (QED) is 0.102. The molecule has 9 heteroatoms.